The van der Waals surface area contributed by atoms with Gasteiger partial charge in [-0.1, -0.05) is 6.07 Å². The lowest BCUT2D eigenvalue weighted by atomic mass is 10.1. The number of piperidine rings is 1. The number of amides is 1. The third-order valence-electron chi connectivity index (χ3n) is 5.74. The third-order valence-corrected chi connectivity index (χ3v) is 5.74. The number of aliphatic hydroxyl groups excluding tert-OH is 1. The van der Waals surface area contributed by atoms with Gasteiger partial charge in [0.15, 0.2) is 5.58 Å². The maximum Gasteiger partial charge on any atom is 0.297 e. The fraction of sp³-hybridized carbons (Fsp3) is 0.348. The molecule has 5 heterocycles. The van der Waals surface area contributed by atoms with Crippen molar-refractivity contribution in [3.8, 4) is 11.3 Å². The van der Waals surface area contributed by atoms with Crippen molar-refractivity contribution >= 4 is 34.8 Å². The molecule has 1 saturated heterocycles. The number of rotatable bonds is 7. The lowest BCUT2D eigenvalue weighted by molar-refractivity contribution is 0.102. The van der Waals surface area contributed by atoms with Crippen molar-refractivity contribution in [3.05, 3.63) is 42.2 Å². The van der Waals surface area contributed by atoms with Gasteiger partial charge in [0.25, 0.3) is 11.9 Å². The lowest BCUT2D eigenvalue weighted by Gasteiger charge is -2.32. The molecule has 0 aliphatic carbocycles. The van der Waals surface area contributed by atoms with Gasteiger partial charge in [-0.3, -0.25) is 9.48 Å². The summed E-state index contributed by atoms with van der Waals surface area (Å²) in [6, 6.07) is 7.27. The fourth-order valence-electron chi connectivity index (χ4n) is 4.11. The molecule has 0 spiro atoms. The van der Waals surface area contributed by atoms with Crippen LogP contribution >= 0.6 is 0 Å². The number of nitrogens with zero attached hydrogens (tertiary/aromatic N) is 6. The summed E-state index contributed by atoms with van der Waals surface area (Å²) < 4.78 is 7.40. The Morgan fingerprint density at radius 1 is 1.31 bits per heavy atom. The number of nitrogens with two attached hydrogens (primary N) is 1. The second kappa shape index (κ2) is 9.68. The molecule has 12 heteroatoms. The van der Waals surface area contributed by atoms with Gasteiger partial charge < -0.3 is 30.8 Å². The van der Waals surface area contributed by atoms with E-state index >= 15 is 0 Å². The number of nitrogens with one attached hydrogen (secondary N) is 2. The predicted molar refractivity (Wildman–Crippen MR) is 131 cm³/mol. The topological polar surface area (TPSA) is 160 Å². The summed E-state index contributed by atoms with van der Waals surface area (Å²) in [5.41, 5.74) is 8.81. The van der Waals surface area contributed by atoms with Crippen molar-refractivity contribution in [2.24, 2.45) is 12.8 Å². The molecule has 182 valence electrons. The molecular formula is C23H27N9O3. The summed E-state index contributed by atoms with van der Waals surface area (Å²) in [5, 5.41) is 19.0. The number of fused-ring (bicyclic) bond motifs is 1. The van der Waals surface area contributed by atoms with Gasteiger partial charge in [0, 0.05) is 50.6 Å². The van der Waals surface area contributed by atoms with Crippen LogP contribution in [0.25, 0.3) is 22.5 Å². The standard InChI is InChI=1S/C23H27N9O3/c1-31-12-14(11-26-31)17-5-2-6-19(27-17)28-22(34)16-10-18-20(30-23(35-18)25-7-9-33)29-21(16)32-8-3-4-15(24)13-32/h2,5-6,10-12,15,33H,3-4,7-9,13,24H2,1H3,(H,25,29,30)(H,27,28,34). The molecule has 1 aliphatic rings. The van der Waals surface area contributed by atoms with Crippen LogP contribution in [0.5, 0.6) is 0 Å². The average Bonchev–Trinajstić information content (AvgIpc) is 3.47. The van der Waals surface area contributed by atoms with Crippen LogP contribution in [0.2, 0.25) is 0 Å². The molecule has 1 amide bonds. The van der Waals surface area contributed by atoms with Crippen molar-refractivity contribution in [1.82, 2.24) is 24.7 Å². The zero-order valence-electron chi connectivity index (χ0n) is 19.3. The van der Waals surface area contributed by atoms with E-state index in [1.54, 1.807) is 23.0 Å². The second-order valence-electron chi connectivity index (χ2n) is 8.46. The fourth-order valence-corrected chi connectivity index (χ4v) is 4.11. The summed E-state index contributed by atoms with van der Waals surface area (Å²) in [6.45, 7) is 1.53. The number of aliphatic hydroxyl groups is 1. The van der Waals surface area contributed by atoms with E-state index in [9.17, 15) is 4.79 Å². The number of hydrogen-bond acceptors (Lipinski definition) is 10. The van der Waals surface area contributed by atoms with Crippen LogP contribution in [0, 0.1) is 0 Å². The van der Waals surface area contributed by atoms with Crippen molar-refractivity contribution in [2.75, 3.05) is 41.8 Å². The van der Waals surface area contributed by atoms with E-state index in [4.69, 9.17) is 15.3 Å². The number of anilines is 3. The van der Waals surface area contributed by atoms with Crippen LogP contribution in [0.15, 0.2) is 41.1 Å². The van der Waals surface area contributed by atoms with Crippen LogP contribution in [0.3, 0.4) is 0 Å². The Hall–Kier alpha value is -4.03. The Labute approximate surface area is 201 Å². The van der Waals surface area contributed by atoms with E-state index < -0.39 is 0 Å². The zero-order valence-corrected chi connectivity index (χ0v) is 19.3. The van der Waals surface area contributed by atoms with Crippen LogP contribution < -0.4 is 21.3 Å². The van der Waals surface area contributed by atoms with Gasteiger partial charge in [-0.05, 0) is 25.0 Å². The monoisotopic (exact) mass is 477 g/mol. The largest absolute Gasteiger partial charge is 0.422 e. The molecule has 4 aromatic heterocycles. The Kier molecular flexibility index (Phi) is 6.29. The maximum absolute atomic E-state index is 13.5. The van der Waals surface area contributed by atoms with Gasteiger partial charge in [0.05, 0.1) is 24.1 Å². The highest BCUT2D eigenvalue weighted by Crippen LogP contribution is 2.28. The number of pyridine rings is 2. The first-order chi connectivity index (χ1) is 17.0. The molecule has 4 aromatic rings. The molecule has 5 rings (SSSR count). The van der Waals surface area contributed by atoms with Gasteiger partial charge in [-0.25, -0.2) is 9.97 Å². The number of oxazole rings is 1. The van der Waals surface area contributed by atoms with Crippen molar-refractivity contribution < 1.29 is 14.3 Å². The highest BCUT2D eigenvalue weighted by atomic mass is 16.4. The molecule has 0 radical (unpaired) electrons. The van der Waals surface area contributed by atoms with Gasteiger partial charge in [-0.15, -0.1) is 0 Å². The van der Waals surface area contributed by atoms with Gasteiger partial charge in [-0.2, -0.15) is 10.1 Å². The summed E-state index contributed by atoms with van der Waals surface area (Å²) in [4.78, 5) is 29.0. The van der Waals surface area contributed by atoms with Crippen LogP contribution in [0.4, 0.5) is 17.7 Å². The number of aryl methyl sites for hydroxylation is 1. The molecule has 1 atom stereocenters. The van der Waals surface area contributed by atoms with Crippen LogP contribution in [0.1, 0.15) is 23.2 Å². The molecule has 5 N–H and O–H groups in total. The Bertz CT molecular complexity index is 1350. The van der Waals surface area contributed by atoms with E-state index in [0.29, 0.717) is 40.7 Å². The number of carbonyl (C=O) groups is 1. The number of aromatic nitrogens is 5. The first-order valence-corrected chi connectivity index (χ1v) is 11.4. The minimum absolute atomic E-state index is 0.00548. The minimum Gasteiger partial charge on any atom is -0.422 e. The minimum atomic E-state index is -0.370. The molecule has 0 aromatic carbocycles. The number of hydrogen-bond donors (Lipinski definition) is 4. The Morgan fingerprint density at radius 2 is 2.20 bits per heavy atom. The van der Waals surface area contributed by atoms with E-state index in [0.717, 1.165) is 24.9 Å². The summed E-state index contributed by atoms with van der Waals surface area (Å²) in [5.74, 6) is 0.529. The summed E-state index contributed by atoms with van der Waals surface area (Å²) in [6.07, 6.45) is 5.40. The molecule has 1 aliphatic heterocycles. The highest BCUT2D eigenvalue weighted by molar-refractivity contribution is 6.08. The maximum atomic E-state index is 13.5. The highest BCUT2D eigenvalue weighted by Gasteiger charge is 2.26. The smallest absolute Gasteiger partial charge is 0.297 e. The van der Waals surface area contributed by atoms with Crippen LogP contribution in [-0.4, -0.2) is 68.0 Å². The Morgan fingerprint density at radius 3 is 2.97 bits per heavy atom. The first kappa shape index (κ1) is 22.7. The molecule has 12 nitrogen and oxygen atoms in total. The quantitative estimate of drug-likeness (QED) is 0.308. The summed E-state index contributed by atoms with van der Waals surface area (Å²) >= 11 is 0. The van der Waals surface area contributed by atoms with Crippen molar-refractivity contribution in [1.29, 1.82) is 0 Å². The van der Waals surface area contributed by atoms with E-state index in [1.807, 2.05) is 30.3 Å². The summed E-state index contributed by atoms with van der Waals surface area (Å²) in [7, 11) is 1.83. The molecule has 35 heavy (non-hydrogen) atoms. The second-order valence-corrected chi connectivity index (χ2v) is 8.46. The lowest BCUT2D eigenvalue weighted by Crippen LogP contribution is -2.44. The van der Waals surface area contributed by atoms with E-state index in [-0.39, 0.29) is 31.1 Å². The molecular weight excluding hydrogens is 450 g/mol. The van der Waals surface area contributed by atoms with E-state index in [2.05, 4.69) is 30.7 Å². The molecule has 0 saturated carbocycles. The zero-order chi connectivity index (χ0) is 24.4. The van der Waals surface area contributed by atoms with Crippen molar-refractivity contribution in [3.63, 3.8) is 0 Å². The third kappa shape index (κ3) is 4.93. The first-order valence-electron chi connectivity index (χ1n) is 11.4. The van der Waals surface area contributed by atoms with Gasteiger partial charge in [0.2, 0.25) is 5.65 Å². The number of carbonyl (C=O) groups excluding carboxylic acids is 1. The normalized spacial score (nSPS) is 16.0. The molecule has 0 bridgehead atoms. The van der Waals surface area contributed by atoms with Crippen molar-refractivity contribution in [2.45, 2.75) is 18.9 Å². The van der Waals surface area contributed by atoms with E-state index in [1.165, 1.54) is 0 Å². The molecule has 1 fully saturated rings. The van der Waals surface area contributed by atoms with Crippen LogP contribution in [-0.2, 0) is 7.05 Å². The van der Waals surface area contributed by atoms with Gasteiger partial charge in [0.1, 0.15) is 11.6 Å². The van der Waals surface area contributed by atoms with Gasteiger partial charge >= 0.3 is 0 Å². The Balaban J connectivity index is 1.48. The molecule has 1 unspecified atom stereocenters. The average molecular weight is 478 g/mol. The SMILES string of the molecule is Cn1cc(-c2cccc(NC(=O)c3cc4oc(NCCO)nc4nc3N3CCCC(N)C3)n2)cn1. The predicted octanol–water partition coefficient (Wildman–Crippen LogP) is 1.60.